The molecule has 0 aliphatic carbocycles. The highest BCUT2D eigenvalue weighted by molar-refractivity contribution is 6.23. The second-order valence-corrected chi connectivity index (χ2v) is 5.97. The van der Waals surface area contributed by atoms with Gasteiger partial charge in [-0.25, -0.2) is 9.18 Å². The number of benzene rings is 1. The highest BCUT2D eigenvalue weighted by Gasteiger charge is 2.24. The van der Waals surface area contributed by atoms with E-state index in [1.807, 2.05) is 19.0 Å². The van der Waals surface area contributed by atoms with Crippen molar-refractivity contribution in [1.29, 1.82) is 0 Å². The fraction of sp³-hybridized carbons (Fsp3) is 0.190. The molecule has 1 aromatic carbocycles. The molecule has 0 atom stereocenters. The lowest BCUT2D eigenvalue weighted by molar-refractivity contribution is -0.576. The molecule has 0 aliphatic rings. The zero-order valence-corrected chi connectivity index (χ0v) is 15.8. The maximum absolute atomic E-state index is 13.2. The van der Waals surface area contributed by atoms with E-state index in [4.69, 9.17) is 4.74 Å². The van der Waals surface area contributed by atoms with E-state index in [1.165, 1.54) is 34.9 Å². The van der Waals surface area contributed by atoms with E-state index in [1.54, 1.807) is 37.3 Å². The van der Waals surface area contributed by atoms with Crippen LogP contribution in [0.1, 0.15) is 17.3 Å². The van der Waals surface area contributed by atoms with Gasteiger partial charge in [0.25, 0.3) is 11.5 Å². The average molecular weight is 381 g/mol. The third-order valence-electron chi connectivity index (χ3n) is 3.84. The molecule has 144 valence electrons. The highest BCUT2D eigenvalue weighted by atomic mass is 19.1. The Morgan fingerprint density at radius 3 is 2.29 bits per heavy atom. The first kappa shape index (κ1) is 20.7. The minimum absolute atomic E-state index is 0.0570. The van der Waals surface area contributed by atoms with Gasteiger partial charge >= 0.3 is 5.97 Å². The average Bonchev–Trinajstić information content (AvgIpc) is 2.69. The number of ether oxygens (including phenoxy) is 1. The van der Waals surface area contributed by atoms with Gasteiger partial charge in [0, 0.05) is 43.6 Å². The quantitative estimate of drug-likeness (QED) is 0.185. The zero-order valence-electron chi connectivity index (χ0n) is 15.8. The Morgan fingerprint density at radius 1 is 1.18 bits per heavy atom. The second-order valence-electron chi connectivity index (χ2n) is 5.97. The molecule has 2 aromatic rings. The van der Waals surface area contributed by atoms with Gasteiger partial charge in [0.1, 0.15) is 5.82 Å². The Hall–Kier alpha value is -3.57. The molecule has 6 nitrogen and oxygen atoms in total. The number of halogens is 1. The predicted molar refractivity (Wildman–Crippen MR) is 104 cm³/mol. The Morgan fingerprint density at radius 2 is 1.79 bits per heavy atom. The molecular weight excluding hydrogens is 361 g/mol. The lowest BCUT2D eigenvalue weighted by Crippen LogP contribution is -2.36. The number of hydrogen-bond donors (Lipinski definition) is 0. The third-order valence-corrected chi connectivity index (χ3v) is 3.84. The van der Waals surface area contributed by atoms with Crippen molar-refractivity contribution in [3.05, 3.63) is 77.2 Å². The molecule has 0 fully saturated rings. The van der Waals surface area contributed by atoms with Gasteiger partial charge in [-0.2, -0.15) is 4.57 Å². The number of ketones is 1. The molecular formula is C21H20FN3O3. The molecule has 0 aliphatic heterocycles. The molecule has 0 saturated carbocycles. The predicted octanol–water partition coefficient (Wildman–Crippen LogP) is 2.63. The lowest BCUT2D eigenvalue weighted by Gasteiger charge is -2.11. The largest absolute Gasteiger partial charge is 0.763 e. The van der Waals surface area contributed by atoms with Gasteiger partial charge in [0.05, 0.1) is 12.2 Å². The van der Waals surface area contributed by atoms with Crippen LogP contribution in [0.4, 0.5) is 10.1 Å². The number of Topliss-reactive ketones (excluding diaryl/α,β-unsaturated/α-hetero) is 1. The first-order valence-corrected chi connectivity index (χ1v) is 8.52. The summed E-state index contributed by atoms with van der Waals surface area (Å²) < 4.78 is 19.6. The number of carbonyl (C=O) groups is 2. The van der Waals surface area contributed by atoms with Crippen LogP contribution in [0.5, 0.6) is 0 Å². The van der Waals surface area contributed by atoms with Crippen LogP contribution in [0.3, 0.4) is 0 Å². The Bertz CT molecular complexity index is 942. The summed E-state index contributed by atoms with van der Waals surface area (Å²) in [6, 6.07) is 8.59. The molecule has 0 amide bonds. The number of rotatable bonds is 7. The van der Waals surface area contributed by atoms with Crippen molar-refractivity contribution in [2.24, 2.45) is 0 Å². The van der Waals surface area contributed by atoms with E-state index in [2.05, 4.69) is 0 Å². The van der Waals surface area contributed by atoms with Crippen LogP contribution < -0.4 is 9.47 Å². The fourth-order valence-corrected chi connectivity index (χ4v) is 2.37. The first-order valence-electron chi connectivity index (χ1n) is 8.52. The lowest BCUT2D eigenvalue weighted by atomic mass is 10.1. The molecule has 28 heavy (non-hydrogen) atoms. The summed E-state index contributed by atoms with van der Waals surface area (Å²) >= 11 is 0. The summed E-state index contributed by atoms with van der Waals surface area (Å²) in [5.41, 5.74) is 0.871. The van der Waals surface area contributed by atoms with Crippen LogP contribution in [0, 0.1) is 5.82 Å². The van der Waals surface area contributed by atoms with Crippen LogP contribution >= 0.6 is 0 Å². The van der Waals surface area contributed by atoms with Gasteiger partial charge < -0.3 is 15.0 Å². The number of carbonyl (C=O) groups excluding carboxylic acids is 2. The summed E-state index contributed by atoms with van der Waals surface area (Å²) in [6.07, 6.45) is 4.46. The van der Waals surface area contributed by atoms with Gasteiger partial charge in [0.15, 0.2) is 12.4 Å². The van der Waals surface area contributed by atoms with Gasteiger partial charge in [-0.3, -0.25) is 10.7 Å². The fourth-order valence-electron chi connectivity index (χ4n) is 2.37. The smallest absolute Gasteiger partial charge is 0.344 e. The van der Waals surface area contributed by atoms with Crippen molar-refractivity contribution in [3.8, 4) is 0 Å². The van der Waals surface area contributed by atoms with Gasteiger partial charge in [-0.1, -0.05) is 0 Å². The molecule has 0 bridgehead atoms. The van der Waals surface area contributed by atoms with Gasteiger partial charge in [0.2, 0.25) is 0 Å². The monoisotopic (exact) mass is 381 g/mol. The van der Waals surface area contributed by atoms with Crippen molar-refractivity contribution in [2.45, 2.75) is 6.92 Å². The number of anilines is 1. The minimum Gasteiger partial charge on any atom is -0.763 e. The van der Waals surface area contributed by atoms with E-state index in [-0.39, 0.29) is 23.4 Å². The third kappa shape index (κ3) is 4.99. The van der Waals surface area contributed by atoms with Gasteiger partial charge in [-0.05, 0) is 31.2 Å². The van der Waals surface area contributed by atoms with Crippen LogP contribution in [-0.4, -0.2) is 38.3 Å². The van der Waals surface area contributed by atoms with E-state index >= 15 is 0 Å². The molecule has 2 rings (SSSR count). The number of aromatic nitrogens is 1. The minimum atomic E-state index is -0.820. The van der Waals surface area contributed by atoms with E-state index in [9.17, 15) is 19.4 Å². The zero-order chi connectivity index (χ0) is 20.7. The van der Waals surface area contributed by atoms with Crippen molar-refractivity contribution in [1.82, 2.24) is 0 Å². The SMILES string of the molecule is CCOC(=O)C(=C=[N-])/C=C(/C(=O)c1ccc(F)cc1)[n+]1ccc(N(C)C)cc1. The Kier molecular flexibility index (Phi) is 6.96. The number of pyridine rings is 1. The van der Waals surface area contributed by atoms with Crippen LogP contribution in [0.15, 0.2) is 60.4 Å². The van der Waals surface area contributed by atoms with Crippen molar-refractivity contribution >= 4 is 29.0 Å². The molecule has 7 heteroatoms. The van der Waals surface area contributed by atoms with Crippen LogP contribution in [0.25, 0.3) is 11.1 Å². The summed E-state index contributed by atoms with van der Waals surface area (Å²) in [5, 5.41) is 9.32. The number of esters is 1. The van der Waals surface area contributed by atoms with Gasteiger partial charge in [-0.15, -0.1) is 0 Å². The van der Waals surface area contributed by atoms with Crippen LogP contribution in [-0.2, 0) is 9.53 Å². The Balaban J connectivity index is 2.55. The van der Waals surface area contributed by atoms with Crippen molar-refractivity contribution in [3.63, 3.8) is 0 Å². The molecule has 0 unspecified atom stereocenters. The molecule has 0 radical (unpaired) electrons. The van der Waals surface area contributed by atoms with Crippen molar-refractivity contribution in [2.75, 3.05) is 25.6 Å². The summed E-state index contributed by atoms with van der Waals surface area (Å²) in [4.78, 5) is 26.9. The summed E-state index contributed by atoms with van der Waals surface area (Å²) in [7, 11) is 3.75. The Labute approximate surface area is 162 Å². The summed E-state index contributed by atoms with van der Waals surface area (Å²) in [5.74, 6) is 0.000403. The maximum Gasteiger partial charge on any atom is 0.344 e. The molecule has 0 N–H and O–H groups in total. The van der Waals surface area contributed by atoms with Crippen molar-refractivity contribution < 1.29 is 23.3 Å². The van der Waals surface area contributed by atoms with Crippen LogP contribution in [0.2, 0.25) is 0 Å². The molecule has 0 saturated heterocycles. The van der Waals surface area contributed by atoms with E-state index < -0.39 is 17.6 Å². The number of allylic oxidation sites excluding steroid dienone is 1. The number of hydrogen-bond acceptors (Lipinski definition) is 4. The topological polar surface area (TPSA) is 72.8 Å². The molecule has 1 heterocycles. The molecule has 0 spiro atoms. The molecule has 1 aromatic heterocycles. The normalized spacial score (nSPS) is 10.8. The standard InChI is InChI=1S/C21H20FN3O3/c1-4-28-21(27)16(14-23)13-19(20(26)15-5-7-17(22)8-6-15)25-11-9-18(10-12-25)24(2)3/h5-13H,4H2,1-3H3/b19-13-. The second kappa shape index (κ2) is 9.39. The highest BCUT2D eigenvalue weighted by Crippen LogP contribution is 2.14. The summed E-state index contributed by atoms with van der Waals surface area (Å²) in [6.45, 7) is 1.72. The first-order chi connectivity index (χ1) is 13.4. The number of nitrogens with zero attached hydrogens (tertiary/aromatic N) is 3. The van der Waals surface area contributed by atoms with E-state index in [0.717, 1.165) is 5.69 Å². The maximum atomic E-state index is 13.2. The van der Waals surface area contributed by atoms with E-state index in [0.29, 0.717) is 0 Å².